The average Bonchev–Trinajstić information content (AvgIpc) is 3.30. The lowest BCUT2D eigenvalue weighted by Gasteiger charge is -2.15. The van der Waals surface area contributed by atoms with Crippen molar-refractivity contribution in [3.63, 3.8) is 0 Å². The van der Waals surface area contributed by atoms with Crippen molar-refractivity contribution in [2.45, 2.75) is 24.9 Å². The largest absolute Gasteiger partial charge is 0.346 e. The summed E-state index contributed by atoms with van der Waals surface area (Å²) in [5.74, 6) is -0.00708. The first kappa shape index (κ1) is 17.5. The maximum Gasteiger partial charge on any atom is 0.241 e. The molecule has 0 radical (unpaired) electrons. The van der Waals surface area contributed by atoms with Crippen LogP contribution in [0.25, 0.3) is 5.69 Å². The number of likely N-dealkylation sites (tertiary alicyclic amines) is 1. The number of hydrogen-bond donors (Lipinski definition) is 1. The molecular weight excluding hydrogens is 338 g/mol. The van der Waals surface area contributed by atoms with Gasteiger partial charge in [-0.3, -0.25) is 14.2 Å². The summed E-state index contributed by atoms with van der Waals surface area (Å²) < 4.78 is 1.84. The summed E-state index contributed by atoms with van der Waals surface area (Å²) in [5.41, 5.74) is 2.12. The maximum atomic E-state index is 12.0. The third-order valence-corrected chi connectivity index (χ3v) is 5.00. The molecule has 2 aromatic rings. The molecule has 132 valence electrons. The van der Waals surface area contributed by atoms with E-state index in [1.807, 2.05) is 35.8 Å². The zero-order valence-electron chi connectivity index (χ0n) is 14.1. The molecule has 25 heavy (non-hydrogen) atoms. The first-order chi connectivity index (χ1) is 12.1. The van der Waals surface area contributed by atoms with Crippen LogP contribution in [0.4, 0.5) is 0 Å². The highest BCUT2D eigenvalue weighted by atomic mass is 32.2. The Morgan fingerprint density at radius 2 is 1.92 bits per heavy atom. The van der Waals surface area contributed by atoms with Crippen LogP contribution in [-0.4, -0.2) is 56.9 Å². The summed E-state index contributed by atoms with van der Waals surface area (Å²) in [5, 5.41) is 11.3. The molecule has 1 N–H and O–H groups in total. The summed E-state index contributed by atoms with van der Waals surface area (Å²) in [6.45, 7) is 3.68. The summed E-state index contributed by atoms with van der Waals surface area (Å²) in [7, 11) is 0. The molecule has 0 atom stereocenters. The summed E-state index contributed by atoms with van der Waals surface area (Å²) >= 11 is 1.30. The van der Waals surface area contributed by atoms with Gasteiger partial charge in [0.15, 0.2) is 5.16 Å². The van der Waals surface area contributed by atoms with Crippen molar-refractivity contribution < 1.29 is 9.59 Å². The van der Waals surface area contributed by atoms with E-state index in [1.165, 1.54) is 17.3 Å². The molecule has 0 unspecified atom stereocenters. The molecule has 1 saturated heterocycles. The van der Waals surface area contributed by atoms with E-state index in [0.717, 1.165) is 31.6 Å². The van der Waals surface area contributed by atoms with Gasteiger partial charge in [0.25, 0.3) is 0 Å². The Balaban J connectivity index is 1.50. The molecular formula is C17H21N5O2S. The first-order valence-corrected chi connectivity index (χ1v) is 9.26. The lowest BCUT2D eigenvalue weighted by molar-refractivity contribution is -0.131. The van der Waals surface area contributed by atoms with Gasteiger partial charge in [-0.15, -0.1) is 10.2 Å². The van der Waals surface area contributed by atoms with E-state index >= 15 is 0 Å². The number of carbonyl (C=O) groups is 2. The molecule has 0 aliphatic carbocycles. The van der Waals surface area contributed by atoms with E-state index in [-0.39, 0.29) is 24.1 Å². The molecule has 1 aliphatic heterocycles. The number of aryl methyl sites for hydroxylation is 1. The monoisotopic (exact) mass is 359 g/mol. The Bertz CT molecular complexity index is 738. The van der Waals surface area contributed by atoms with Crippen LogP contribution in [0.1, 0.15) is 18.4 Å². The number of thioether (sulfide) groups is 1. The van der Waals surface area contributed by atoms with Crippen LogP contribution in [0.3, 0.4) is 0 Å². The molecule has 1 aromatic carbocycles. The van der Waals surface area contributed by atoms with Gasteiger partial charge in [0.2, 0.25) is 11.8 Å². The first-order valence-electron chi connectivity index (χ1n) is 8.28. The Morgan fingerprint density at radius 3 is 2.64 bits per heavy atom. The van der Waals surface area contributed by atoms with Crippen LogP contribution in [0.2, 0.25) is 0 Å². The van der Waals surface area contributed by atoms with Crippen molar-refractivity contribution in [2.24, 2.45) is 0 Å². The van der Waals surface area contributed by atoms with Crippen LogP contribution in [-0.2, 0) is 9.59 Å². The van der Waals surface area contributed by atoms with Crippen molar-refractivity contribution in [2.75, 3.05) is 25.4 Å². The fourth-order valence-electron chi connectivity index (χ4n) is 2.64. The highest BCUT2D eigenvalue weighted by Gasteiger charge is 2.18. The predicted molar refractivity (Wildman–Crippen MR) is 95.6 cm³/mol. The summed E-state index contributed by atoms with van der Waals surface area (Å²) in [4.78, 5) is 25.7. The molecule has 1 fully saturated rings. The molecule has 1 aliphatic rings. The summed E-state index contributed by atoms with van der Waals surface area (Å²) in [6.07, 6.45) is 3.72. The molecule has 3 rings (SSSR count). The van der Waals surface area contributed by atoms with Crippen molar-refractivity contribution in [1.29, 1.82) is 0 Å². The number of hydrogen-bond acceptors (Lipinski definition) is 5. The molecule has 0 saturated carbocycles. The highest BCUT2D eigenvalue weighted by molar-refractivity contribution is 7.99. The zero-order valence-corrected chi connectivity index (χ0v) is 15.0. The third kappa shape index (κ3) is 4.60. The maximum absolute atomic E-state index is 12.0. The van der Waals surface area contributed by atoms with E-state index < -0.39 is 0 Å². The van der Waals surface area contributed by atoms with E-state index in [9.17, 15) is 9.59 Å². The Labute approximate surface area is 150 Å². The second-order valence-corrected chi connectivity index (χ2v) is 6.91. The van der Waals surface area contributed by atoms with Gasteiger partial charge in [-0.25, -0.2) is 0 Å². The van der Waals surface area contributed by atoms with E-state index in [4.69, 9.17) is 0 Å². The molecule has 2 amide bonds. The van der Waals surface area contributed by atoms with E-state index in [2.05, 4.69) is 15.5 Å². The number of aromatic nitrogens is 3. The van der Waals surface area contributed by atoms with E-state index in [0.29, 0.717) is 5.16 Å². The smallest absolute Gasteiger partial charge is 0.241 e. The van der Waals surface area contributed by atoms with Crippen LogP contribution < -0.4 is 5.32 Å². The van der Waals surface area contributed by atoms with Gasteiger partial charge < -0.3 is 10.2 Å². The molecule has 2 heterocycles. The minimum absolute atomic E-state index is 0.0151. The summed E-state index contributed by atoms with van der Waals surface area (Å²) in [6, 6.07) is 8.00. The van der Waals surface area contributed by atoms with Gasteiger partial charge >= 0.3 is 0 Å². The second-order valence-electron chi connectivity index (χ2n) is 5.97. The lowest BCUT2D eigenvalue weighted by atomic mass is 10.2. The topological polar surface area (TPSA) is 80.1 Å². The Kier molecular flexibility index (Phi) is 5.70. The van der Waals surface area contributed by atoms with Crippen LogP contribution in [0.15, 0.2) is 35.7 Å². The number of carbonyl (C=O) groups excluding carboxylic acids is 2. The minimum Gasteiger partial charge on any atom is -0.346 e. The normalized spacial score (nSPS) is 13.9. The van der Waals surface area contributed by atoms with Crippen molar-refractivity contribution in [3.8, 4) is 5.69 Å². The Morgan fingerprint density at radius 1 is 1.20 bits per heavy atom. The van der Waals surface area contributed by atoms with Crippen molar-refractivity contribution >= 4 is 23.6 Å². The van der Waals surface area contributed by atoms with Crippen molar-refractivity contribution in [1.82, 2.24) is 25.0 Å². The lowest BCUT2D eigenvalue weighted by Crippen LogP contribution is -2.39. The van der Waals surface area contributed by atoms with Crippen LogP contribution >= 0.6 is 11.8 Å². The molecule has 7 nitrogen and oxygen atoms in total. The van der Waals surface area contributed by atoms with Crippen molar-refractivity contribution in [3.05, 3.63) is 36.2 Å². The average molecular weight is 359 g/mol. The standard InChI is InChI=1S/C17H21N5O2S/c1-13-4-6-14(7-5-13)22-12-19-20-17(22)25-11-15(23)18-10-16(24)21-8-2-3-9-21/h4-7,12H,2-3,8-11H2,1H3,(H,18,23). The number of nitrogens with one attached hydrogen (secondary N) is 1. The number of benzene rings is 1. The van der Waals surface area contributed by atoms with Gasteiger partial charge in [0, 0.05) is 18.8 Å². The van der Waals surface area contributed by atoms with Crippen LogP contribution in [0, 0.1) is 6.92 Å². The number of nitrogens with zero attached hydrogens (tertiary/aromatic N) is 4. The quantitative estimate of drug-likeness (QED) is 0.789. The fraction of sp³-hybridized carbons (Fsp3) is 0.412. The molecule has 1 aromatic heterocycles. The van der Waals surface area contributed by atoms with Crippen LogP contribution in [0.5, 0.6) is 0 Å². The van der Waals surface area contributed by atoms with Gasteiger partial charge in [0.05, 0.1) is 12.3 Å². The second kappa shape index (κ2) is 8.15. The van der Waals surface area contributed by atoms with E-state index in [1.54, 1.807) is 11.2 Å². The van der Waals surface area contributed by atoms with Gasteiger partial charge in [-0.05, 0) is 31.9 Å². The Hall–Kier alpha value is -2.35. The predicted octanol–water partition coefficient (Wildman–Crippen LogP) is 1.41. The van der Waals surface area contributed by atoms with Gasteiger partial charge in [-0.2, -0.15) is 0 Å². The SMILES string of the molecule is Cc1ccc(-n2cnnc2SCC(=O)NCC(=O)N2CCCC2)cc1. The highest BCUT2D eigenvalue weighted by Crippen LogP contribution is 2.19. The minimum atomic E-state index is -0.184. The van der Waals surface area contributed by atoms with Gasteiger partial charge in [0.1, 0.15) is 6.33 Å². The van der Waals surface area contributed by atoms with Gasteiger partial charge in [-0.1, -0.05) is 29.5 Å². The molecule has 8 heteroatoms. The molecule has 0 spiro atoms. The fourth-order valence-corrected chi connectivity index (χ4v) is 3.40. The number of rotatable bonds is 6. The zero-order chi connectivity index (χ0) is 17.6. The number of amides is 2. The molecule has 0 bridgehead atoms. The third-order valence-electron chi connectivity index (χ3n) is 4.06.